The van der Waals surface area contributed by atoms with Gasteiger partial charge in [0.15, 0.2) is 5.82 Å². The van der Waals surface area contributed by atoms with Crippen molar-refractivity contribution < 1.29 is 28.1 Å². The average molecular weight is 684 g/mol. The topological polar surface area (TPSA) is 93.1 Å². The number of aromatic hydroxyl groups is 1. The summed E-state index contributed by atoms with van der Waals surface area (Å²) >= 11 is 0. The zero-order chi connectivity index (χ0) is 34.2. The number of benzene rings is 2. The number of anilines is 1. The molecule has 1 saturated carbocycles. The number of ether oxygens (including phenoxy) is 3. The van der Waals surface area contributed by atoms with Gasteiger partial charge in [0, 0.05) is 61.5 Å². The monoisotopic (exact) mass is 683 g/mol. The summed E-state index contributed by atoms with van der Waals surface area (Å²) < 4.78 is 50.0. The maximum absolute atomic E-state index is 16.9. The molecule has 4 fully saturated rings. The molecule has 1 N–H and O–H groups in total. The molecule has 2 aromatic carbocycles. The van der Waals surface area contributed by atoms with Crippen molar-refractivity contribution in [2.45, 2.75) is 69.9 Å². The molecule has 2 aromatic heterocycles. The number of pyridine rings is 1. The predicted molar refractivity (Wildman–Crippen MR) is 187 cm³/mol. The van der Waals surface area contributed by atoms with Crippen LogP contribution in [0.3, 0.4) is 0 Å². The van der Waals surface area contributed by atoms with Crippen molar-refractivity contribution in [3.8, 4) is 35.4 Å². The fourth-order valence-electron chi connectivity index (χ4n) is 8.90. The summed E-state index contributed by atoms with van der Waals surface area (Å²) in [7, 11) is 0. The fourth-order valence-corrected chi connectivity index (χ4v) is 8.90. The molecule has 50 heavy (non-hydrogen) atoms. The lowest BCUT2D eigenvalue weighted by molar-refractivity contribution is -0.00827. The van der Waals surface area contributed by atoms with E-state index in [2.05, 4.69) is 20.7 Å². The molecule has 8 rings (SSSR count). The number of phenols is 1. The third-order valence-corrected chi connectivity index (χ3v) is 11.3. The zero-order valence-corrected chi connectivity index (χ0v) is 28.3. The van der Waals surface area contributed by atoms with Crippen LogP contribution in [-0.4, -0.2) is 89.7 Å². The summed E-state index contributed by atoms with van der Waals surface area (Å²) in [6.07, 6.45) is 17.3. The highest BCUT2D eigenvalue weighted by Gasteiger charge is 2.48. The lowest BCUT2D eigenvalue weighted by Gasteiger charge is -2.46. The number of phenolic OH excluding ortho intramolecular Hbond substituents is 1. The molecular formula is C39H43F2N5O4. The first-order chi connectivity index (χ1) is 24.4. The van der Waals surface area contributed by atoms with Crippen molar-refractivity contribution in [3.63, 3.8) is 0 Å². The molecule has 5 heterocycles. The molecule has 3 atom stereocenters. The Bertz CT molecular complexity index is 1940. The highest BCUT2D eigenvalue weighted by Crippen LogP contribution is 2.48. The van der Waals surface area contributed by atoms with Crippen LogP contribution in [0.25, 0.3) is 32.9 Å². The second-order valence-electron chi connectivity index (χ2n) is 14.2. The predicted octanol–water partition coefficient (Wildman–Crippen LogP) is 6.62. The van der Waals surface area contributed by atoms with Gasteiger partial charge in [-0.25, -0.2) is 8.78 Å². The van der Waals surface area contributed by atoms with Crippen LogP contribution >= 0.6 is 0 Å². The summed E-state index contributed by atoms with van der Waals surface area (Å²) in [5.41, 5.74) is 0.0626. The van der Waals surface area contributed by atoms with Gasteiger partial charge in [0.25, 0.3) is 0 Å². The number of aromatic nitrogens is 3. The van der Waals surface area contributed by atoms with E-state index in [1.165, 1.54) is 24.3 Å². The number of likely N-dealkylation sites (tertiary alicyclic amines) is 1. The van der Waals surface area contributed by atoms with Crippen LogP contribution in [0.1, 0.15) is 63.4 Å². The Labute approximate surface area is 291 Å². The fraction of sp³-hybridized carbons (Fsp3) is 0.513. The molecule has 4 aromatic rings. The lowest BCUT2D eigenvalue weighted by Crippen LogP contribution is -2.52. The van der Waals surface area contributed by atoms with E-state index in [-0.39, 0.29) is 39.5 Å². The van der Waals surface area contributed by atoms with Crippen LogP contribution in [-0.2, 0) is 9.47 Å². The average Bonchev–Trinajstić information content (AvgIpc) is 3.73. The highest BCUT2D eigenvalue weighted by molar-refractivity contribution is 6.03. The van der Waals surface area contributed by atoms with Crippen LogP contribution in [0.5, 0.6) is 11.8 Å². The van der Waals surface area contributed by atoms with E-state index in [4.69, 9.17) is 30.6 Å². The van der Waals surface area contributed by atoms with Crippen molar-refractivity contribution >= 4 is 27.5 Å². The van der Waals surface area contributed by atoms with Gasteiger partial charge in [-0.05, 0) is 81.5 Å². The van der Waals surface area contributed by atoms with Crippen LogP contribution in [0, 0.1) is 29.4 Å². The van der Waals surface area contributed by atoms with Crippen molar-refractivity contribution in [2.75, 3.05) is 57.5 Å². The molecule has 262 valence electrons. The minimum absolute atomic E-state index is 0.0260. The number of halogens is 2. The summed E-state index contributed by atoms with van der Waals surface area (Å²) in [4.78, 5) is 18.8. The van der Waals surface area contributed by atoms with Gasteiger partial charge in [-0.3, -0.25) is 9.88 Å². The minimum atomic E-state index is -0.726. The molecular weight excluding hydrogens is 640 g/mol. The van der Waals surface area contributed by atoms with Gasteiger partial charge in [0.1, 0.15) is 28.6 Å². The van der Waals surface area contributed by atoms with Crippen molar-refractivity contribution in [3.05, 3.63) is 47.7 Å². The Morgan fingerprint density at radius 2 is 1.92 bits per heavy atom. The van der Waals surface area contributed by atoms with E-state index < -0.39 is 11.6 Å². The van der Waals surface area contributed by atoms with Gasteiger partial charge in [-0.2, -0.15) is 9.97 Å². The standard InChI is InChI=1S/C39H43F2N5O4/c1-2-28-31(40)10-9-25-21-26(47)22-29(33(25)28)35-34(41)36-30(23-42-35)37(46-15-6-18-48-20-17-46)44-38(43-36)50-24-39-12-3-8-32(39)45(14-5-13-39)16-11-27-7-4-19-49-27/h1,9-10,21-23,27,32,47H,3-8,11-20,24H2/t27?,32-,39-/m1/s1. The Morgan fingerprint density at radius 3 is 2.78 bits per heavy atom. The van der Waals surface area contributed by atoms with Crippen LogP contribution in [0.15, 0.2) is 30.5 Å². The van der Waals surface area contributed by atoms with Gasteiger partial charge in [0.05, 0.1) is 30.3 Å². The van der Waals surface area contributed by atoms with E-state index in [1.807, 2.05) is 0 Å². The molecule has 0 radical (unpaired) electrons. The molecule has 0 bridgehead atoms. The number of hydrogen-bond donors (Lipinski definition) is 1. The Hall–Kier alpha value is -4.11. The number of nitrogens with zero attached hydrogens (tertiary/aromatic N) is 5. The van der Waals surface area contributed by atoms with Gasteiger partial charge in [0.2, 0.25) is 0 Å². The summed E-state index contributed by atoms with van der Waals surface area (Å²) in [5, 5.41) is 11.8. The number of rotatable bonds is 8. The highest BCUT2D eigenvalue weighted by atomic mass is 19.1. The van der Waals surface area contributed by atoms with Crippen LogP contribution in [0.2, 0.25) is 0 Å². The van der Waals surface area contributed by atoms with Crippen LogP contribution in [0.4, 0.5) is 14.6 Å². The van der Waals surface area contributed by atoms with E-state index in [0.29, 0.717) is 67.0 Å². The summed E-state index contributed by atoms with van der Waals surface area (Å²) in [5.74, 6) is 1.47. The van der Waals surface area contributed by atoms with Gasteiger partial charge >= 0.3 is 6.01 Å². The minimum Gasteiger partial charge on any atom is -0.508 e. The van der Waals surface area contributed by atoms with E-state index in [0.717, 1.165) is 77.5 Å². The van der Waals surface area contributed by atoms with Crippen molar-refractivity contribution in [2.24, 2.45) is 5.41 Å². The molecule has 4 aliphatic rings. The Morgan fingerprint density at radius 1 is 1.02 bits per heavy atom. The maximum Gasteiger partial charge on any atom is 0.319 e. The summed E-state index contributed by atoms with van der Waals surface area (Å²) in [6, 6.07) is 6.10. The number of fused-ring (bicyclic) bond motifs is 3. The number of hydrogen-bond acceptors (Lipinski definition) is 9. The quantitative estimate of drug-likeness (QED) is 0.206. The molecule has 1 unspecified atom stereocenters. The van der Waals surface area contributed by atoms with Crippen molar-refractivity contribution in [1.29, 1.82) is 0 Å². The molecule has 0 spiro atoms. The first-order valence-corrected chi connectivity index (χ1v) is 18.0. The molecule has 1 aliphatic carbocycles. The zero-order valence-electron chi connectivity index (χ0n) is 28.3. The largest absolute Gasteiger partial charge is 0.508 e. The SMILES string of the molecule is C#Cc1c(F)ccc2cc(O)cc(-c3ncc4c(N5CCCOCC5)nc(OC[C@]56CCC[C@H]5N(CCC5CCCO5)CCC6)nc4c3F)c12. The van der Waals surface area contributed by atoms with Gasteiger partial charge < -0.3 is 24.2 Å². The lowest BCUT2D eigenvalue weighted by atomic mass is 9.75. The maximum atomic E-state index is 16.9. The number of piperidine rings is 1. The van der Waals surface area contributed by atoms with E-state index in [9.17, 15) is 9.50 Å². The third kappa shape index (κ3) is 6.12. The second-order valence-corrected chi connectivity index (χ2v) is 14.2. The normalized spacial score (nSPS) is 24.4. The van der Waals surface area contributed by atoms with Crippen LogP contribution < -0.4 is 9.64 Å². The first-order valence-electron chi connectivity index (χ1n) is 18.0. The van der Waals surface area contributed by atoms with Gasteiger partial charge in [-0.15, -0.1) is 6.42 Å². The Kier molecular flexibility index (Phi) is 9.19. The third-order valence-electron chi connectivity index (χ3n) is 11.3. The Balaban J connectivity index is 1.17. The smallest absolute Gasteiger partial charge is 0.319 e. The molecule has 0 amide bonds. The van der Waals surface area contributed by atoms with Gasteiger partial charge in [-0.1, -0.05) is 18.4 Å². The second kappa shape index (κ2) is 13.9. The molecule has 3 aliphatic heterocycles. The van der Waals surface area contributed by atoms with E-state index in [1.54, 1.807) is 6.20 Å². The summed E-state index contributed by atoms with van der Waals surface area (Å²) in [6.45, 7) is 5.82. The molecule has 3 saturated heterocycles. The van der Waals surface area contributed by atoms with Crippen molar-refractivity contribution in [1.82, 2.24) is 19.9 Å². The number of terminal acetylenes is 1. The molecule has 9 nitrogen and oxygen atoms in total. The molecule has 11 heteroatoms. The first kappa shape index (κ1) is 33.1. The van der Waals surface area contributed by atoms with E-state index >= 15 is 4.39 Å².